The summed E-state index contributed by atoms with van der Waals surface area (Å²) < 4.78 is 4.97. The summed E-state index contributed by atoms with van der Waals surface area (Å²) in [6, 6.07) is 15.7. The average molecular weight is 290 g/mol. The van der Waals surface area contributed by atoms with E-state index in [0.29, 0.717) is 12.3 Å². The topological polar surface area (TPSA) is 46.3 Å². The van der Waals surface area contributed by atoms with Crippen LogP contribution in [-0.4, -0.2) is 23.0 Å². The monoisotopic (exact) mass is 290 g/mol. The number of carbonyl (C=O) groups is 1. The molecule has 4 heteroatoms. The van der Waals surface area contributed by atoms with E-state index in [9.17, 15) is 4.79 Å². The molecular weight excluding hydrogens is 276 g/mol. The Bertz CT molecular complexity index is 857. The maximum atomic E-state index is 12.0. The molecule has 0 saturated heterocycles. The van der Waals surface area contributed by atoms with Gasteiger partial charge in [-0.2, -0.15) is 0 Å². The molecule has 0 bridgehead atoms. The van der Waals surface area contributed by atoms with Crippen LogP contribution in [0.1, 0.15) is 11.3 Å². The summed E-state index contributed by atoms with van der Waals surface area (Å²) in [5.41, 5.74) is 0.820. The Labute approximate surface area is 128 Å². The van der Waals surface area contributed by atoms with E-state index >= 15 is 0 Å². The zero-order valence-electron chi connectivity index (χ0n) is 12.1. The highest BCUT2D eigenvalue weighted by Crippen LogP contribution is 2.14. The van der Waals surface area contributed by atoms with E-state index in [1.165, 1.54) is 4.90 Å². The van der Waals surface area contributed by atoms with Crippen molar-refractivity contribution in [2.24, 2.45) is 0 Å². The molecule has 3 aromatic rings. The summed E-state index contributed by atoms with van der Waals surface area (Å²) in [5, 5.41) is 5.87. The molecule has 0 spiro atoms. The fourth-order valence-corrected chi connectivity index (χ4v) is 2.12. The first-order valence-electron chi connectivity index (χ1n) is 6.88. The van der Waals surface area contributed by atoms with Gasteiger partial charge in [0.05, 0.1) is 12.7 Å². The van der Waals surface area contributed by atoms with Crippen LogP contribution < -0.4 is 0 Å². The first-order chi connectivity index (χ1) is 10.7. The molecule has 2 aromatic carbocycles. The van der Waals surface area contributed by atoms with E-state index in [-0.39, 0.29) is 5.91 Å². The summed E-state index contributed by atoms with van der Waals surface area (Å²) in [4.78, 5) is 13.5. The minimum Gasteiger partial charge on any atom is -0.360 e. The van der Waals surface area contributed by atoms with Crippen LogP contribution in [0, 0.1) is 11.8 Å². The zero-order chi connectivity index (χ0) is 15.4. The van der Waals surface area contributed by atoms with Crippen LogP contribution in [0.5, 0.6) is 0 Å². The van der Waals surface area contributed by atoms with Gasteiger partial charge in [-0.15, -0.1) is 0 Å². The van der Waals surface area contributed by atoms with Gasteiger partial charge in [0, 0.05) is 24.6 Å². The average Bonchev–Trinajstić information content (AvgIpc) is 3.05. The first-order valence-corrected chi connectivity index (χ1v) is 6.88. The van der Waals surface area contributed by atoms with Crippen molar-refractivity contribution in [1.29, 1.82) is 0 Å². The SMILES string of the molecule is CN(Cc1ccno1)C(=O)C#Cc1ccc2ccccc2c1. The lowest BCUT2D eigenvalue weighted by molar-refractivity contribution is -0.124. The second-order valence-corrected chi connectivity index (χ2v) is 4.95. The van der Waals surface area contributed by atoms with Gasteiger partial charge in [0.1, 0.15) is 0 Å². The minimum atomic E-state index is -0.260. The van der Waals surface area contributed by atoms with Gasteiger partial charge in [-0.05, 0) is 22.9 Å². The number of amides is 1. The molecule has 0 aliphatic carbocycles. The predicted octanol–water partition coefficient (Wildman–Crippen LogP) is 2.84. The molecule has 108 valence electrons. The Hall–Kier alpha value is -3.06. The van der Waals surface area contributed by atoms with E-state index in [1.54, 1.807) is 19.3 Å². The quantitative estimate of drug-likeness (QED) is 0.682. The molecule has 1 heterocycles. The van der Waals surface area contributed by atoms with Crippen LogP contribution in [0.3, 0.4) is 0 Å². The minimum absolute atomic E-state index is 0.260. The van der Waals surface area contributed by atoms with Gasteiger partial charge in [0.2, 0.25) is 0 Å². The van der Waals surface area contributed by atoms with Crippen LogP contribution in [0.25, 0.3) is 10.8 Å². The third-order valence-corrected chi connectivity index (χ3v) is 3.29. The molecule has 3 rings (SSSR count). The van der Waals surface area contributed by atoms with E-state index in [4.69, 9.17) is 4.52 Å². The molecule has 0 aliphatic rings. The van der Waals surface area contributed by atoms with Gasteiger partial charge in [-0.3, -0.25) is 4.79 Å². The lowest BCUT2D eigenvalue weighted by atomic mass is 10.1. The number of hydrogen-bond acceptors (Lipinski definition) is 3. The maximum Gasteiger partial charge on any atom is 0.298 e. The second-order valence-electron chi connectivity index (χ2n) is 4.95. The van der Waals surface area contributed by atoms with Crippen LogP contribution >= 0.6 is 0 Å². The molecule has 0 radical (unpaired) electrons. The Kier molecular flexibility index (Phi) is 3.88. The number of benzene rings is 2. The molecule has 0 N–H and O–H groups in total. The van der Waals surface area contributed by atoms with Crippen molar-refractivity contribution in [3.05, 3.63) is 66.1 Å². The van der Waals surface area contributed by atoms with Crippen LogP contribution in [0.4, 0.5) is 0 Å². The molecule has 0 aliphatic heterocycles. The van der Waals surface area contributed by atoms with Gasteiger partial charge in [-0.25, -0.2) is 0 Å². The lowest BCUT2D eigenvalue weighted by Crippen LogP contribution is -2.24. The van der Waals surface area contributed by atoms with Gasteiger partial charge in [-0.1, -0.05) is 41.4 Å². The van der Waals surface area contributed by atoms with Gasteiger partial charge in [0.25, 0.3) is 5.91 Å². The summed E-state index contributed by atoms with van der Waals surface area (Å²) >= 11 is 0. The van der Waals surface area contributed by atoms with E-state index < -0.39 is 0 Å². The van der Waals surface area contributed by atoms with Crippen molar-refractivity contribution in [3.8, 4) is 11.8 Å². The molecule has 22 heavy (non-hydrogen) atoms. The summed E-state index contributed by atoms with van der Waals surface area (Å²) in [5.74, 6) is 5.93. The molecule has 1 aromatic heterocycles. The number of aromatic nitrogens is 1. The van der Waals surface area contributed by atoms with Crippen LogP contribution in [0.15, 0.2) is 59.3 Å². The normalized spacial score (nSPS) is 10.0. The molecule has 0 atom stereocenters. The standard InChI is InChI=1S/C18H14N2O2/c1-20(13-17-10-11-19-22-17)18(21)9-7-14-6-8-15-4-2-3-5-16(15)12-14/h2-6,8,10-12H,13H2,1H3. The molecule has 0 fully saturated rings. The highest BCUT2D eigenvalue weighted by atomic mass is 16.5. The van der Waals surface area contributed by atoms with E-state index in [1.807, 2.05) is 42.5 Å². The van der Waals surface area contributed by atoms with Crippen molar-refractivity contribution in [2.75, 3.05) is 7.05 Å². The Morgan fingerprint density at radius 2 is 2.00 bits per heavy atom. The Morgan fingerprint density at radius 1 is 1.18 bits per heavy atom. The predicted molar refractivity (Wildman–Crippen MR) is 83.8 cm³/mol. The maximum absolute atomic E-state index is 12.0. The van der Waals surface area contributed by atoms with Gasteiger partial charge < -0.3 is 9.42 Å². The Balaban J connectivity index is 1.74. The molecular formula is C18H14N2O2. The number of carbonyl (C=O) groups excluding carboxylic acids is 1. The van der Waals surface area contributed by atoms with Gasteiger partial charge >= 0.3 is 0 Å². The number of rotatable bonds is 2. The zero-order valence-corrected chi connectivity index (χ0v) is 12.1. The van der Waals surface area contributed by atoms with Crippen LogP contribution in [0.2, 0.25) is 0 Å². The summed E-state index contributed by atoms with van der Waals surface area (Å²) in [6.07, 6.45) is 1.55. The molecule has 1 amide bonds. The molecule has 0 saturated carbocycles. The highest BCUT2D eigenvalue weighted by molar-refractivity contribution is 5.94. The largest absolute Gasteiger partial charge is 0.360 e. The third-order valence-electron chi connectivity index (χ3n) is 3.29. The smallest absolute Gasteiger partial charge is 0.298 e. The van der Waals surface area contributed by atoms with Crippen molar-refractivity contribution < 1.29 is 9.32 Å². The summed E-state index contributed by atoms with van der Waals surface area (Å²) in [7, 11) is 1.68. The van der Waals surface area contributed by atoms with Crippen molar-refractivity contribution in [2.45, 2.75) is 6.54 Å². The summed E-state index contributed by atoms with van der Waals surface area (Å²) in [6.45, 7) is 0.352. The van der Waals surface area contributed by atoms with E-state index in [0.717, 1.165) is 16.3 Å². The van der Waals surface area contributed by atoms with Crippen molar-refractivity contribution >= 4 is 16.7 Å². The second kappa shape index (κ2) is 6.15. The highest BCUT2D eigenvalue weighted by Gasteiger charge is 2.08. The fourth-order valence-electron chi connectivity index (χ4n) is 2.12. The molecule has 4 nitrogen and oxygen atoms in total. The van der Waals surface area contributed by atoms with Gasteiger partial charge in [0.15, 0.2) is 5.76 Å². The number of fused-ring (bicyclic) bond motifs is 1. The lowest BCUT2D eigenvalue weighted by Gasteiger charge is -2.10. The third kappa shape index (κ3) is 3.15. The number of nitrogens with zero attached hydrogens (tertiary/aromatic N) is 2. The molecule has 0 unspecified atom stereocenters. The number of hydrogen-bond donors (Lipinski definition) is 0. The van der Waals surface area contributed by atoms with Crippen molar-refractivity contribution in [3.63, 3.8) is 0 Å². The van der Waals surface area contributed by atoms with Crippen molar-refractivity contribution in [1.82, 2.24) is 10.1 Å². The van der Waals surface area contributed by atoms with E-state index in [2.05, 4.69) is 17.0 Å². The Morgan fingerprint density at radius 3 is 2.77 bits per heavy atom. The van der Waals surface area contributed by atoms with Crippen LogP contribution in [-0.2, 0) is 11.3 Å². The first kappa shape index (κ1) is 13.9. The fraction of sp³-hybridized carbons (Fsp3) is 0.111.